The van der Waals surface area contributed by atoms with Crippen molar-refractivity contribution in [1.82, 2.24) is 10.4 Å². The minimum Gasteiger partial charge on any atom is -0.255 e. The van der Waals surface area contributed by atoms with Crippen LogP contribution in [-0.2, 0) is 0 Å². The average molecular weight is 170 g/mol. The van der Waals surface area contributed by atoms with Gasteiger partial charge in [-0.25, -0.2) is 5.01 Å². The fraction of sp³-hybridized carbons (Fsp3) is 1.00. The molecule has 0 aliphatic heterocycles. The Morgan fingerprint density at radius 2 is 1.83 bits per heavy atom. The minimum atomic E-state index is 0.809. The van der Waals surface area contributed by atoms with E-state index in [0.29, 0.717) is 0 Å². The Hall–Kier alpha value is -0.0800. The Balaban J connectivity index is 2.29. The monoisotopic (exact) mass is 170 g/mol. The third kappa shape index (κ3) is 2.76. The molecule has 12 heavy (non-hydrogen) atoms. The van der Waals surface area contributed by atoms with E-state index in [4.69, 9.17) is 0 Å². The van der Waals surface area contributed by atoms with E-state index in [9.17, 15) is 0 Å². The van der Waals surface area contributed by atoms with Gasteiger partial charge in [-0.05, 0) is 12.8 Å². The van der Waals surface area contributed by atoms with Gasteiger partial charge in [0.25, 0.3) is 0 Å². The van der Waals surface area contributed by atoms with Crippen LogP contribution in [0.4, 0.5) is 0 Å². The maximum absolute atomic E-state index is 3.44. The van der Waals surface area contributed by atoms with Crippen LogP contribution in [0.1, 0.15) is 46.0 Å². The standard InChI is InChI=1S/C10H22N2/c1-3-11-12(4-2)10-8-6-5-7-9-10/h10-11H,3-9H2,1-2H3. The predicted molar refractivity (Wildman–Crippen MR) is 52.9 cm³/mol. The molecule has 0 radical (unpaired) electrons. The van der Waals surface area contributed by atoms with Gasteiger partial charge in [-0.1, -0.05) is 33.1 Å². The second-order valence-electron chi connectivity index (χ2n) is 3.59. The van der Waals surface area contributed by atoms with E-state index in [0.717, 1.165) is 19.1 Å². The fourth-order valence-corrected chi connectivity index (χ4v) is 2.09. The molecular weight excluding hydrogens is 148 g/mol. The number of hydrogen-bond acceptors (Lipinski definition) is 2. The van der Waals surface area contributed by atoms with Gasteiger partial charge < -0.3 is 0 Å². The van der Waals surface area contributed by atoms with Gasteiger partial charge in [0.1, 0.15) is 0 Å². The third-order valence-corrected chi connectivity index (χ3v) is 2.72. The highest BCUT2D eigenvalue weighted by Crippen LogP contribution is 2.20. The van der Waals surface area contributed by atoms with Crippen LogP contribution in [-0.4, -0.2) is 24.1 Å². The Kier molecular flexibility index (Phi) is 4.62. The molecule has 0 saturated heterocycles. The van der Waals surface area contributed by atoms with Crippen LogP contribution in [0.5, 0.6) is 0 Å². The van der Waals surface area contributed by atoms with Crippen molar-refractivity contribution in [3.8, 4) is 0 Å². The van der Waals surface area contributed by atoms with Crippen LogP contribution < -0.4 is 5.43 Å². The summed E-state index contributed by atoms with van der Waals surface area (Å²) < 4.78 is 0. The van der Waals surface area contributed by atoms with Gasteiger partial charge >= 0.3 is 0 Å². The lowest BCUT2D eigenvalue weighted by Crippen LogP contribution is -2.46. The first kappa shape index (κ1) is 10.0. The molecule has 1 saturated carbocycles. The van der Waals surface area contributed by atoms with Crippen LogP contribution in [0.2, 0.25) is 0 Å². The molecule has 1 rings (SSSR count). The third-order valence-electron chi connectivity index (χ3n) is 2.72. The number of hydrazine groups is 1. The van der Waals surface area contributed by atoms with Crippen molar-refractivity contribution < 1.29 is 0 Å². The number of hydrogen-bond donors (Lipinski definition) is 1. The summed E-state index contributed by atoms with van der Waals surface area (Å²) in [4.78, 5) is 0. The molecule has 2 nitrogen and oxygen atoms in total. The summed E-state index contributed by atoms with van der Waals surface area (Å²) in [7, 11) is 0. The Morgan fingerprint density at radius 3 is 2.33 bits per heavy atom. The van der Waals surface area contributed by atoms with Crippen LogP contribution in [0.25, 0.3) is 0 Å². The van der Waals surface area contributed by atoms with Gasteiger partial charge in [0.2, 0.25) is 0 Å². The second-order valence-corrected chi connectivity index (χ2v) is 3.59. The van der Waals surface area contributed by atoms with Crippen LogP contribution >= 0.6 is 0 Å². The lowest BCUT2D eigenvalue weighted by molar-refractivity contribution is 0.105. The van der Waals surface area contributed by atoms with Crippen molar-refractivity contribution >= 4 is 0 Å². The molecule has 2 heteroatoms. The molecule has 0 aromatic heterocycles. The molecule has 0 atom stereocenters. The molecule has 72 valence electrons. The van der Waals surface area contributed by atoms with E-state index in [-0.39, 0.29) is 0 Å². The summed E-state index contributed by atoms with van der Waals surface area (Å²) in [6.07, 6.45) is 7.07. The van der Waals surface area contributed by atoms with Crippen molar-refractivity contribution in [2.24, 2.45) is 0 Å². The average Bonchev–Trinajstić information content (AvgIpc) is 2.15. The molecule has 0 spiro atoms. The van der Waals surface area contributed by atoms with Crippen LogP contribution in [0.3, 0.4) is 0 Å². The number of nitrogens with zero attached hydrogens (tertiary/aromatic N) is 1. The predicted octanol–water partition coefficient (Wildman–Crippen LogP) is 2.17. The van der Waals surface area contributed by atoms with E-state index >= 15 is 0 Å². The van der Waals surface area contributed by atoms with Gasteiger partial charge in [0, 0.05) is 19.1 Å². The molecule has 0 amide bonds. The van der Waals surface area contributed by atoms with Crippen molar-refractivity contribution in [2.45, 2.75) is 52.0 Å². The summed E-state index contributed by atoms with van der Waals surface area (Å²) in [5.74, 6) is 0. The molecule has 0 aromatic rings. The van der Waals surface area contributed by atoms with Gasteiger partial charge in [-0.15, -0.1) is 0 Å². The zero-order chi connectivity index (χ0) is 8.81. The van der Waals surface area contributed by atoms with Crippen molar-refractivity contribution in [3.63, 3.8) is 0 Å². The number of nitrogens with one attached hydrogen (secondary N) is 1. The Labute approximate surface area is 76.3 Å². The molecule has 1 N–H and O–H groups in total. The van der Waals surface area contributed by atoms with Gasteiger partial charge in [-0.3, -0.25) is 5.43 Å². The summed E-state index contributed by atoms with van der Waals surface area (Å²) in [6, 6.07) is 0.809. The summed E-state index contributed by atoms with van der Waals surface area (Å²) in [6.45, 7) is 6.60. The molecule has 1 aliphatic rings. The molecule has 0 heterocycles. The van der Waals surface area contributed by atoms with Crippen molar-refractivity contribution in [2.75, 3.05) is 13.1 Å². The zero-order valence-electron chi connectivity index (χ0n) is 8.47. The summed E-state index contributed by atoms with van der Waals surface area (Å²) >= 11 is 0. The van der Waals surface area contributed by atoms with E-state index in [1.54, 1.807) is 0 Å². The maximum atomic E-state index is 3.44. The maximum Gasteiger partial charge on any atom is 0.0243 e. The quantitative estimate of drug-likeness (QED) is 0.650. The highest BCUT2D eigenvalue weighted by molar-refractivity contribution is 4.72. The lowest BCUT2D eigenvalue weighted by Gasteiger charge is -2.33. The fourth-order valence-electron chi connectivity index (χ4n) is 2.09. The SMILES string of the molecule is CCNN(CC)C1CCCCC1. The normalized spacial score (nSPS) is 20.2. The Bertz CT molecular complexity index is 106. The van der Waals surface area contributed by atoms with Crippen LogP contribution in [0.15, 0.2) is 0 Å². The molecular formula is C10H22N2. The summed E-state index contributed by atoms with van der Waals surface area (Å²) in [5, 5.41) is 2.42. The molecule has 0 aromatic carbocycles. The second kappa shape index (κ2) is 5.55. The minimum absolute atomic E-state index is 0.809. The first-order valence-corrected chi connectivity index (χ1v) is 5.38. The molecule has 1 fully saturated rings. The highest BCUT2D eigenvalue weighted by atomic mass is 15.5. The van der Waals surface area contributed by atoms with Crippen molar-refractivity contribution in [1.29, 1.82) is 0 Å². The molecule has 0 unspecified atom stereocenters. The van der Waals surface area contributed by atoms with Crippen LogP contribution in [0, 0.1) is 0 Å². The molecule has 0 bridgehead atoms. The highest BCUT2D eigenvalue weighted by Gasteiger charge is 2.18. The van der Waals surface area contributed by atoms with Crippen molar-refractivity contribution in [3.05, 3.63) is 0 Å². The lowest BCUT2D eigenvalue weighted by atomic mass is 9.95. The largest absolute Gasteiger partial charge is 0.255 e. The first-order chi connectivity index (χ1) is 5.88. The van der Waals surface area contributed by atoms with Gasteiger partial charge in [0.15, 0.2) is 0 Å². The smallest absolute Gasteiger partial charge is 0.0243 e. The topological polar surface area (TPSA) is 15.3 Å². The number of rotatable bonds is 4. The molecule has 1 aliphatic carbocycles. The van der Waals surface area contributed by atoms with E-state index in [2.05, 4.69) is 24.3 Å². The summed E-state index contributed by atoms with van der Waals surface area (Å²) in [5.41, 5.74) is 3.44. The van der Waals surface area contributed by atoms with E-state index in [1.807, 2.05) is 0 Å². The van der Waals surface area contributed by atoms with Gasteiger partial charge in [-0.2, -0.15) is 0 Å². The van der Waals surface area contributed by atoms with E-state index in [1.165, 1.54) is 32.1 Å². The van der Waals surface area contributed by atoms with Gasteiger partial charge in [0.05, 0.1) is 0 Å². The van der Waals surface area contributed by atoms with E-state index < -0.39 is 0 Å². The zero-order valence-corrected chi connectivity index (χ0v) is 8.47. The first-order valence-electron chi connectivity index (χ1n) is 5.38. The Morgan fingerprint density at radius 1 is 1.17 bits per heavy atom.